The number of rotatable bonds is 5. The lowest BCUT2D eigenvalue weighted by molar-refractivity contribution is 0.0987. The Bertz CT molecular complexity index is 1360. The number of aryl methyl sites for hydroxylation is 2. The summed E-state index contributed by atoms with van der Waals surface area (Å²) in [5, 5.41) is 6.01. The van der Waals surface area contributed by atoms with Gasteiger partial charge >= 0.3 is 0 Å². The van der Waals surface area contributed by atoms with Crippen LogP contribution in [0.1, 0.15) is 21.6 Å². The Morgan fingerprint density at radius 2 is 1.87 bits per heavy atom. The lowest BCUT2D eigenvalue weighted by Gasteiger charge is -2.20. The SMILES string of the molecule is Cc1nn(C)c2ncc(C(=O)N(CCc3ccccc3)c3nc4ccccc4s3)cc12. The van der Waals surface area contributed by atoms with Gasteiger partial charge in [0.05, 0.1) is 21.5 Å². The molecule has 5 rings (SSSR count). The van der Waals surface area contributed by atoms with Crippen LogP contribution in [0.4, 0.5) is 5.13 Å². The van der Waals surface area contributed by atoms with Gasteiger partial charge in [0.25, 0.3) is 5.91 Å². The molecule has 0 aliphatic rings. The number of pyridine rings is 1. The third kappa shape index (κ3) is 3.68. The maximum atomic E-state index is 13.6. The van der Waals surface area contributed by atoms with E-state index in [1.807, 2.05) is 62.5 Å². The highest BCUT2D eigenvalue weighted by molar-refractivity contribution is 7.22. The second-order valence-corrected chi connectivity index (χ2v) is 8.47. The van der Waals surface area contributed by atoms with Gasteiger partial charge in [-0.15, -0.1) is 0 Å². The highest BCUT2D eigenvalue weighted by atomic mass is 32.1. The van der Waals surface area contributed by atoms with Crippen molar-refractivity contribution >= 4 is 43.6 Å². The molecule has 0 spiro atoms. The molecule has 31 heavy (non-hydrogen) atoms. The van der Waals surface area contributed by atoms with Crippen molar-refractivity contribution in [3.05, 3.63) is 83.7 Å². The number of aromatic nitrogens is 4. The molecule has 0 radical (unpaired) electrons. The van der Waals surface area contributed by atoms with Crippen molar-refractivity contribution in [2.24, 2.45) is 7.05 Å². The summed E-state index contributed by atoms with van der Waals surface area (Å²) in [6.07, 6.45) is 2.37. The molecule has 0 saturated heterocycles. The number of fused-ring (bicyclic) bond motifs is 2. The number of nitrogens with zero attached hydrogens (tertiary/aromatic N) is 5. The van der Waals surface area contributed by atoms with Crippen molar-refractivity contribution in [1.82, 2.24) is 19.7 Å². The Kier molecular flexibility index (Phi) is 4.95. The van der Waals surface area contributed by atoms with E-state index < -0.39 is 0 Å². The molecule has 5 aromatic rings. The van der Waals surface area contributed by atoms with Gasteiger partial charge in [0.15, 0.2) is 10.8 Å². The fourth-order valence-electron chi connectivity index (χ4n) is 3.73. The first kappa shape index (κ1) is 19.4. The van der Waals surface area contributed by atoms with Crippen LogP contribution < -0.4 is 4.90 Å². The Hall–Kier alpha value is -3.58. The standard InChI is InChI=1S/C24H21N5OS/c1-16-19-14-18(15-25-22(19)28(2)27-16)23(30)29(13-12-17-8-4-3-5-9-17)24-26-20-10-6-7-11-21(20)31-24/h3-11,14-15H,12-13H2,1-2H3. The molecule has 1 amide bonds. The van der Waals surface area contributed by atoms with Gasteiger partial charge in [-0.3, -0.25) is 14.4 Å². The van der Waals surface area contributed by atoms with Crippen LogP contribution in [0.25, 0.3) is 21.3 Å². The number of carbonyl (C=O) groups excluding carboxylic acids is 1. The summed E-state index contributed by atoms with van der Waals surface area (Å²) in [5.41, 5.74) is 4.24. The van der Waals surface area contributed by atoms with Crippen molar-refractivity contribution in [1.29, 1.82) is 0 Å². The Morgan fingerprint density at radius 3 is 2.68 bits per heavy atom. The highest BCUT2D eigenvalue weighted by Crippen LogP contribution is 2.30. The minimum absolute atomic E-state index is 0.104. The van der Waals surface area contributed by atoms with Gasteiger partial charge < -0.3 is 0 Å². The largest absolute Gasteiger partial charge is 0.284 e. The van der Waals surface area contributed by atoms with Gasteiger partial charge in [0.2, 0.25) is 0 Å². The van der Waals surface area contributed by atoms with E-state index in [1.165, 1.54) is 16.9 Å². The molecule has 154 valence electrons. The first-order chi connectivity index (χ1) is 15.1. The molecule has 6 nitrogen and oxygen atoms in total. The van der Waals surface area contributed by atoms with Crippen LogP contribution in [0.3, 0.4) is 0 Å². The summed E-state index contributed by atoms with van der Waals surface area (Å²) in [6.45, 7) is 2.46. The number of thiazole rings is 1. The number of amides is 1. The van der Waals surface area contributed by atoms with Crippen molar-refractivity contribution in [3.8, 4) is 0 Å². The van der Waals surface area contributed by atoms with E-state index >= 15 is 0 Å². The topological polar surface area (TPSA) is 63.9 Å². The summed E-state index contributed by atoms with van der Waals surface area (Å²) in [7, 11) is 1.86. The zero-order valence-electron chi connectivity index (χ0n) is 17.3. The molecule has 3 heterocycles. The third-order valence-corrected chi connectivity index (χ3v) is 6.39. The van der Waals surface area contributed by atoms with Crippen LogP contribution in [0.5, 0.6) is 0 Å². The molecule has 2 aromatic carbocycles. The average molecular weight is 428 g/mol. The second-order valence-electron chi connectivity index (χ2n) is 7.46. The van der Waals surface area contributed by atoms with E-state index in [-0.39, 0.29) is 5.91 Å². The molecule has 0 saturated carbocycles. The van der Waals surface area contributed by atoms with Crippen LogP contribution in [0.15, 0.2) is 66.9 Å². The molecule has 0 aliphatic heterocycles. The summed E-state index contributed by atoms with van der Waals surface area (Å²) in [4.78, 5) is 24.6. The van der Waals surface area contributed by atoms with Gasteiger partial charge in [-0.05, 0) is 37.1 Å². The highest BCUT2D eigenvalue weighted by Gasteiger charge is 2.22. The summed E-state index contributed by atoms with van der Waals surface area (Å²) in [5.74, 6) is -0.104. The summed E-state index contributed by atoms with van der Waals surface area (Å²) in [6, 6.07) is 20.0. The van der Waals surface area contributed by atoms with Crippen molar-refractivity contribution in [3.63, 3.8) is 0 Å². The van der Waals surface area contributed by atoms with E-state index in [9.17, 15) is 4.79 Å². The van der Waals surface area contributed by atoms with Gasteiger partial charge in [-0.1, -0.05) is 53.8 Å². The number of benzene rings is 2. The average Bonchev–Trinajstić information content (AvgIpc) is 3.35. The monoisotopic (exact) mass is 427 g/mol. The van der Waals surface area contributed by atoms with Gasteiger partial charge in [-0.2, -0.15) is 5.10 Å². The number of hydrogen-bond acceptors (Lipinski definition) is 5. The number of hydrogen-bond donors (Lipinski definition) is 0. The molecule has 0 fully saturated rings. The predicted molar refractivity (Wildman–Crippen MR) is 125 cm³/mol. The third-order valence-electron chi connectivity index (χ3n) is 5.34. The molecule has 0 aliphatic carbocycles. The first-order valence-corrected chi connectivity index (χ1v) is 10.9. The van der Waals surface area contributed by atoms with Gasteiger partial charge in [-0.25, -0.2) is 9.97 Å². The zero-order chi connectivity index (χ0) is 21.4. The van der Waals surface area contributed by atoms with E-state index in [0.29, 0.717) is 17.2 Å². The minimum Gasteiger partial charge on any atom is -0.284 e. The Labute approximate surface area is 183 Å². The molecule has 0 atom stereocenters. The van der Waals surface area contributed by atoms with E-state index in [0.717, 1.165) is 33.4 Å². The van der Waals surface area contributed by atoms with Crippen LogP contribution in [-0.4, -0.2) is 32.2 Å². The molecule has 7 heteroatoms. The summed E-state index contributed by atoms with van der Waals surface area (Å²) >= 11 is 1.53. The van der Waals surface area contributed by atoms with E-state index in [4.69, 9.17) is 4.98 Å². The predicted octanol–water partition coefficient (Wildman–Crippen LogP) is 4.78. The Balaban J connectivity index is 1.53. The molecule has 0 bridgehead atoms. The number of para-hydroxylation sites is 1. The van der Waals surface area contributed by atoms with E-state index in [1.54, 1.807) is 15.8 Å². The molecule has 0 N–H and O–H groups in total. The van der Waals surface area contributed by atoms with Crippen molar-refractivity contribution in [2.75, 3.05) is 11.4 Å². The molecule has 0 unspecified atom stereocenters. The first-order valence-electron chi connectivity index (χ1n) is 10.1. The van der Waals surface area contributed by atoms with Gasteiger partial charge in [0, 0.05) is 25.2 Å². The summed E-state index contributed by atoms with van der Waals surface area (Å²) < 4.78 is 2.80. The fourth-order valence-corrected chi connectivity index (χ4v) is 4.72. The van der Waals surface area contributed by atoms with E-state index in [2.05, 4.69) is 22.2 Å². The van der Waals surface area contributed by atoms with Crippen LogP contribution in [-0.2, 0) is 13.5 Å². The van der Waals surface area contributed by atoms with Crippen LogP contribution in [0, 0.1) is 6.92 Å². The lowest BCUT2D eigenvalue weighted by Crippen LogP contribution is -2.33. The molecular formula is C24H21N5OS. The lowest BCUT2D eigenvalue weighted by atomic mass is 10.1. The zero-order valence-corrected chi connectivity index (χ0v) is 18.1. The fraction of sp³-hybridized carbons (Fsp3) is 0.167. The Morgan fingerprint density at radius 1 is 1.10 bits per heavy atom. The quantitative estimate of drug-likeness (QED) is 0.405. The van der Waals surface area contributed by atoms with Crippen molar-refractivity contribution in [2.45, 2.75) is 13.3 Å². The van der Waals surface area contributed by atoms with Gasteiger partial charge in [0.1, 0.15) is 0 Å². The number of carbonyl (C=O) groups is 1. The maximum absolute atomic E-state index is 13.6. The smallest absolute Gasteiger partial charge is 0.261 e. The normalized spacial score (nSPS) is 11.3. The minimum atomic E-state index is -0.104. The maximum Gasteiger partial charge on any atom is 0.261 e. The molecular weight excluding hydrogens is 406 g/mol. The van der Waals surface area contributed by atoms with Crippen molar-refractivity contribution < 1.29 is 4.79 Å². The number of anilines is 1. The van der Waals surface area contributed by atoms with Crippen LogP contribution >= 0.6 is 11.3 Å². The second kappa shape index (κ2) is 7.92. The van der Waals surface area contributed by atoms with Crippen LogP contribution in [0.2, 0.25) is 0 Å². The molecule has 3 aromatic heterocycles.